The average molecular weight is 1140 g/mol. The van der Waals surface area contributed by atoms with E-state index in [1.165, 1.54) is 41.2 Å². The summed E-state index contributed by atoms with van der Waals surface area (Å²) < 4.78 is 2.32. The number of carbonyl (C=O) groups is 6. The largest absolute Gasteiger partial charge is 0.478 e. The quantitative estimate of drug-likeness (QED) is 0.0952. The molecule has 6 aromatic heterocycles. The Hall–Kier alpha value is -9.48. The van der Waals surface area contributed by atoms with Crippen LogP contribution in [0.5, 0.6) is 0 Å². The second-order valence-corrected chi connectivity index (χ2v) is 21.5. The van der Waals surface area contributed by atoms with Gasteiger partial charge in [0.1, 0.15) is 41.3 Å². The van der Waals surface area contributed by atoms with Crippen LogP contribution in [0, 0.1) is 10.8 Å². The van der Waals surface area contributed by atoms with E-state index >= 15 is 0 Å². The number of likely N-dealkylation sites (tertiary alicyclic amines) is 2. The molecule has 0 bridgehead atoms. The van der Waals surface area contributed by atoms with Gasteiger partial charge in [0.25, 0.3) is 28.8 Å². The number of carboxylic acids is 1. The number of pyridine rings is 4. The summed E-state index contributed by atoms with van der Waals surface area (Å²) in [4.78, 5) is 115. The van der Waals surface area contributed by atoms with E-state index in [4.69, 9.17) is 28.9 Å². The zero-order chi connectivity index (χ0) is 58.2. The smallest absolute Gasteiger partial charge is 0.337 e. The first-order valence-corrected chi connectivity index (χ1v) is 25.8. The van der Waals surface area contributed by atoms with Gasteiger partial charge in [-0.25, -0.2) is 14.8 Å². The molecule has 5 amide bonds. The first kappa shape index (κ1) is 57.7. The average Bonchev–Trinajstić information content (AvgIpc) is 3.55. The molecule has 0 saturated carbocycles. The number of nitrogen functional groups attached to an aromatic ring is 1. The lowest BCUT2D eigenvalue weighted by Gasteiger charge is -2.45. The van der Waals surface area contributed by atoms with Crippen molar-refractivity contribution in [2.24, 2.45) is 10.8 Å². The Bertz CT molecular complexity index is 3810. The van der Waals surface area contributed by atoms with Crippen LogP contribution >= 0.6 is 23.2 Å². The van der Waals surface area contributed by atoms with Crippen LogP contribution in [0.25, 0.3) is 22.1 Å². The van der Waals surface area contributed by atoms with E-state index in [-0.39, 0.29) is 93.6 Å². The molecular weight excluding hydrogens is 1080 g/mol. The highest BCUT2D eigenvalue weighted by Crippen LogP contribution is 2.30. The number of carbonyl (C=O) groups excluding carboxylic acids is 5. The predicted octanol–water partition coefficient (Wildman–Crippen LogP) is 5.50. The van der Waals surface area contributed by atoms with E-state index < -0.39 is 34.8 Å². The number of aromatic nitrogens is 8. The number of carboxylic acid groups (broad SMARTS) is 1. The van der Waals surface area contributed by atoms with Crippen molar-refractivity contribution in [3.63, 3.8) is 0 Å². The van der Waals surface area contributed by atoms with Gasteiger partial charge < -0.3 is 36.6 Å². The van der Waals surface area contributed by atoms with Crippen molar-refractivity contribution in [1.29, 1.82) is 0 Å². The minimum Gasteiger partial charge on any atom is -0.478 e. The Balaban J connectivity index is 0.000000191. The number of aromatic carboxylic acids is 1. The van der Waals surface area contributed by atoms with Crippen LogP contribution in [0.1, 0.15) is 80.3 Å². The molecule has 0 unspecified atom stereocenters. The maximum Gasteiger partial charge on any atom is 0.337 e. The van der Waals surface area contributed by atoms with E-state index in [0.29, 0.717) is 47.4 Å². The van der Waals surface area contributed by atoms with Gasteiger partial charge in [0.15, 0.2) is 5.82 Å². The normalized spacial score (nSPS) is 13.7. The number of hydrogen-bond acceptors (Lipinski definition) is 15. The number of amides is 5. The number of halogens is 2. The molecule has 8 aromatic rings. The molecule has 81 heavy (non-hydrogen) atoms. The molecule has 0 spiro atoms. The first-order chi connectivity index (χ1) is 38.5. The summed E-state index contributed by atoms with van der Waals surface area (Å²) >= 11 is 11.8. The summed E-state index contributed by atoms with van der Waals surface area (Å²) in [6, 6.07) is 26.0. The van der Waals surface area contributed by atoms with Crippen LogP contribution in [0.3, 0.4) is 0 Å². The van der Waals surface area contributed by atoms with Gasteiger partial charge in [-0.3, -0.25) is 42.7 Å². The van der Waals surface area contributed by atoms with Crippen LogP contribution in [0.15, 0.2) is 131 Å². The molecule has 0 atom stereocenters. The standard InChI is InChI=1S/C28H26ClN7O4.C24H23ClN4O5.C4H5N3/c1-28(2)15-35(16-28)23(37)14-36-24-18(10-19(13-30-24)25(38)33-22-4-3-9-32-34-22)11-21(27(36)40)26(39)31-12-17-5-7-20(29)8-6-17;1-24(2)12-28(13-24)19(30)11-29-20-15(7-16(10-26-20)23(33)34)8-18(22(29)32)21(31)27-9-14-3-5-17(25)6-4-14;5-4-2-1-3-6-7-4/h3-11,13H,12,14-16H2,1-2H3,(H,31,39)(H,33,34,38);3-8,10H,9,11-13H2,1-2H3,(H,27,31)(H,33,34);1-3H,(H2,5,7). The third-order valence-electron chi connectivity index (χ3n) is 12.8. The Morgan fingerprint density at radius 2 is 1.02 bits per heavy atom. The van der Waals surface area contributed by atoms with Crippen molar-refractivity contribution >= 4 is 92.4 Å². The van der Waals surface area contributed by atoms with Crippen LogP contribution in [-0.2, 0) is 35.8 Å². The molecule has 416 valence electrons. The number of rotatable bonds is 13. The predicted molar refractivity (Wildman–Crippen MR) is 301 cm³/mol. The topological polar surface area (TPSA) is 313 Å². The minimum absolute atomic E-state index is 0.00966. The highest BCUT2D eigenvalue weighted by atomic mass is 35.5. The van der Waals surface area contributed by atoms with Gasteiger partial charge >= 0.3 is 5.97 Å². The molecule has 10 rings (SSSR count). The van der Waals surface area contributed by atoms with Crippen molar-refractivity contribution in [2.75, 3.05) is 37.2 Å². The highest BCUT2D eigenvalue weighted by Gasteiger charge is 2.38. The molecule has 2 aromatic carbocycles. The van der Waals surface area contributed by atoms with Crippen molar-refractivity contribution < 1.29 is 33.9 Å². The number of fused-ring (bicyclic) bond motifs is 2. The van der Waals surface area contributed by atoms with E-state index in [0.717, 1.165) is 21.9 Å². The summed E-state index contributed by atoms with van der Waals surface area (Å²) in [5, 5.41) is 33.7. The zero-order valence-corrected chi connectivity index (χ0v) is 45.7. The molecule has 0 aliphatic carbocycles. The number of nitrogens with two attached hydrogens (primary N) is 1. The van der Waals surface area contributed by atoms with Gasteiger partial charge in [0, 0.05) is 84.9 Å². The Labute approximate surface area is 472 Å². The van der Waals surface area contributed by atoms with E-state index in [1.54, 1.807) is 88.8 Å². The maximum absolute atomic E-state index is 13.5. The minimum atomic E-state index is -1.19. The summed E-state index contributed by atoms with van der Waals surface area (Å²) in [5.41, 5.74) is 5.47. The summed E-state index contributed by atoms with van der Waals surface area (Å²) in [5.74, 6) is -2.78. The molecule has 2 saturated heterocycles. The third-order valence-corrected chi connectivity index (χ3v) is 13.3. The van der Waals surface area contributed by atoms with Gasteiger partial charge in [0.2, 0.25) is 11.8 Å². The van der Waals surface area contributed by atoms with Crippen LogP contribution in [0.2, 0.25) is 10.0 Å². The number of benzene rings is 2. The maximum atomic E-state index is 13.5. The Morgan fingerprint density at radius 3 is 1.41 bits per heavy atom. The highest BCUT2D eigenvalue weighted by molar-refractivity contribution is 6.30. The molecular formula is C56H54Cl2N14O9. The van der Waals surface area contributed by atoms with Gasteiger partial charge in [0.05, 0.1) is 11.1 Å². The Morgan fingerprint density at radius 1 is 0.593 bits per heavy atom. The third kappa shape index (κ3) is 14.6. The molecule has 2 aliphatic rings. The molecule has 25 heteroatoms. The number of anilines is 2. The zero-order valence-electron chi connectivity index (χ0n) is 44.2. The lowest BCUT2D eigenvalue weighted by atomic mass is 9.84. The van der Waals surface area contributed by atoms with Crippen molar-refractivity contribution in [1.82, 2.24) is 59.9 Å². The lowest BCUT2D eigenvalue weighted by molar-refractivity contribution is -0.142. The molecule has 23 nitrogen and oxygen atoms in total. The first-order valence-electron chi connectivity index (χ1n) is 25.1. The summed E-state index contributed by atoms with van der Waals surface area (Å²) in [6.07, 6.45) is 5.49. The van der Waals surface area contributed by atoms with E-state index in [9.17, 15) is 43.5 Å². The van der Waals surface area contributed by atoms with Crippen LogP contribution in [0.4, 0.5) is 11.6 Å². The van der Waals surface area contributed by atoms with Gasteiger partial charge in [-0.2, -0.15) is 10.2 Å². The number of nitrogens with zero attached hydrogens (tertiary/aromatic N) is 10. The Kier molecular flexibility index (Phi) is 17.6. The van der Waals surface area contributed by atoms with Crippen molar-refractivity contribution in [3.05, 3.63) is 186 Å². The van der Waals surface area contributed by atoms with Gasteiger partial charge in [-0.15, -0.1) is 10.2 Å². The lowest BCUT2D eigenvalue weighted by Crippen LogP contribution is -2.56. The molecule has 2 aliphatic heterocycles. The number of nitrogens with one attached hydrogen (secondary N) is 3. The van der Waals surface area contributed by atoms with E-state index in [2.05, 4.69) is 60.2 Å². The number of hydrogen-bond donors (Lipinski definition) is 5. The monoisotopic (exact) mass is 1140 g/mol. The van der Waals surface area contributed by atoms with Gasteiger partial charge in [-0.1, -0.05) is 75.2 Å². The fourth-order valence-corrected chi connectivity index (χ4v) is 9.07. The van der Waals surface area contributed by atoms with Crippen LogP contribution in [-0.4, -0.2) is 116 Å². The van der Waals surface area contributed by atoms with E-state index in [1.807, 2.05) is 13.8 Å². The van der Waals surface area contributed by atoms with Gasteiger partial charge in [-0.05, 0) is 94.8 Å². The molecule has 6 N–H and O–H groups in total. The summed E-state index contributed by atoms with van der Waals surface area (Å²) in [7, 11) is 0. The fourth-order valence-electron chi connectivity index (χ4n) is 8.82. The molecule has 2 fully saturated rings. The molecule has 0 radical (unpaired) electrons. The second-order valence-electron chi connectivity index (χ2n) is 20.6. The van der Waals surface area contributed by atoms with Crippen molar-refractivity contribution in [3.8, 4) is 0 Å². The van der Waals surface area contributed by atoms with Crippen LogP contribution < -0.4 is 32.8 Å². The molecule has 8 heterocycles. The fraction of sp³-hybridized carbons (Fsp3) is 0.250. The van der Waals surface area contributed by atoms with Crippen molar-refractivity contribution in [2.45, 2.75) is 53.9 Å². The second kappa shape index (κ2) is 24.7. The SMILES string of the molecule is CC1(C)CN(C(=O)Cn2c(=O)c(C(=O)NCc3ccc(Cl)cc3)cc3cc(C(=O)Nc4cccnn4)cnc32)C1.CC1(C)CN(C(=O)Cn2c(=O)c(C(=O)NCc3ccc(Cl)cc3)cc3cc(C(=O)O)cnc32)C1.Nc1cccnn1. The summed E-state index contributed by atoms with van der Waals surface area (Å²) in [6.45, 7) is 10.2.